The molecule has 0 aliphatic rings. The highest BCUT2D eigenvalue weighted by Crippen LogP contribution is 2.29. The average molecular weight is 271 g/mol. The number of aromatic nitrogens is 2. The molecular formula is C17H25N3. The summed E-state index contributed by atoms with van der Waals surface area (Å²) < 4.78 is 2.29. The lowest BCUT2D eigenvalue weighted by Gasteiger charge is -2.30. The van der Waals surface area contributed by atoms with Gasteiger partial charge in [0.25, 0.3) is 0 Å². The van der Waals surface area contributed by atoms with Crippen LogP contribution in [0.1, 0.15) is 50.2 Å². The van der Waals surface area contributed by atoms with Crippen molar-refractivity contribution < 1.29 is 0 Å². The second kappa shape index (κ2) is 7.25. The van der Waals surface area contributed by atoms with Crippen molar-refractivity contribution >= 4 is 0 Å². The van der Waals surface area contributed by atoms with E-state index in [0.717, 1.165) is 25.2 Å². The van der Waals surface area contributed by atoms with Gasteiger partial charge in [-0.05, 0) is 31.9 Å². The lowest BCUT2D eigenvalue weighted by Crippen LogP contribution is -2.31. The summed E-state index contributed by atoms with van der Waals surface area (Å²) >= 11 is 0. The van der Waals surface area contributed by atoms with Crippen LogP contribution in [0.25, 0.3) is 0 Å². The van der Waals surface area contributed by atoms with E-state index in [0.29, 0.717) is 12.1 Å². The zero-order chi connectivity index (χ0) is 14.4. The molecule has 0 bridgehead atoms. The highest BCUT2D eigenvalue weighted by Gasteiger charge is 2.23. The fourth-order valence-corrected chi connectivity index (χ4v) is 2.77. The molecule has 2 atom stereocenters. The molecule has 1 aromatic carbocycles. The lowest BCUT2D eigenvalue weighted by molar-refractivity contribution is 0.341. The number of hydrogen-bond donors (Lipinski definition) is 1. The molecule has 3 heteroatoms. The third kappa shape index (κ3) is 3.28. The summed E-state index contributed by atoms with van der Waals surface area (Å²) in [5.41, 5.74) is 1.35. The van der Waals surface area contributed by atoms with E-state index < -0.39 is 0 Å². The van der Waals surface area contributed by atoms with Gasteiger partial charge < -0.3 is 9.88 Å². The lowest BCUT2D eigenvalue weighted by atomic mass is 9.96. The smallest absolute Gasteiger partial charge is 0.105 e. The van der Waals surface area contributed by atoms with Crippen molar-refractivity contribution in [1.82, 2.24) is 14.9 Å². The molecule has 0 spiro atoms. The van der Waals surface area contributed by atoms with Gasteiger partial charge in [-0.1, -0.05) is 44.2 Å². The van der Waals surface area contributed by atoms with Crippen molar-refractivity contribution in [3.8, 4) is 0 Å². The van der Waals surface area contributed by atoms with Gasteiger partial charge in [-0.15, -0.1) is 0 Å². The van der Waals surface area contributed by atoms with E-state index in [1.54, 1.807) is 0 Å². The summed E-state index contributed by atoms with van der Waals surface area (Å²) in [5.74, 6) is 1.08. The molecule has 1 heterocycles. The van der Waals surface area contributed by atoms with Crippen LogP contribution in [0.4, 0.5) is 0 Å². The molecule has 0 radical (unpaired) electrons. The summed E-state index contributed by atoms with van der Waals surface area (Å²) in [6.45, 7) is 7.56. The molecule has 1 N–H and O–H groups in total. The van der Waals surface area contributed by atoms with E-state index in [1.165, 1.54) is 5.56 Å². The second-order valence-corrected chi connectivity index (χ2v) is 5.20. The third-order valence-corrected chi connectivity index (χ3v) is 3.80. The Bertz CT molecular complexity index is 504. The largest absolute Gasteiger partial charge is 0.330 e. The van der Waals surface area contributed by atoms with Crippen LogP contribution in [-0.2, 0) is 0 Å². The van der Waals surface area contributed by atoms with Gasteiger partial charge in [0.15, 0.2) is 0 Å². The van der Waals surface area contributed by atoms with Crippen LogP contribution < -0.4 is 5.32 Å². The summed E-state index contributed by atoms with van der Waals surface area (Å²) in [5, 5.41) is 3.70. The Morgan fingerprint density at radius 3 is 2.50 bits per heavy atom. The Kier molecular flexibility index (Phi) is 5.36. The Morgan fingerprint density at radius 1 is 1.20 bits per heavy atom. The van der Waals surface area contributed by atoms with E-state index in [2.05, 4.69) is 72.2 Å². The standard InChI is InChI=1S/C17H25N3/c1-4-11-19-17(15-9-7-6-8-10-15)16(5-2)20-13-12-18-14(20)3/h6-10,12-13,16-17,19H,4-5,11H2,1-3H3. The molecule has 1 aromatic heterocycles. The minimum atomic E-state index is 0.328. The molecule has 0 amide bonds. The molecule has 20 heavy (non-hydrogen) atoms. The zero-order valence-corrected chi connectivity index (χ0v) is 12.7. The second-order valence-electron chi connectivity index (χ2n) is 5.20. The topological polar surface area (TPSA) is 29.9 Å². The van der Waals surface area contributed by atoms with Gasteiger partial charge in [0, 0.05) is 12.4 Å². The summed E-state index contributed by atoms with van der Waals surface area (Å²) in [6, 6.07) is 11.4. The van der Waals surface area contributed by atoms with Gasteiger partial charge in [0.2, 0.25) is 0 Å². The van der Waals surface area contributed by atoms with Gasteiger partial charge in [-0.25, -0.2) is 4.98 Å². The van der Waals surface area contributed by atoms with Gasteiger partial charge in [0.05, 0.1) is 12.1 Å². The van der Waals surface area contributed by atoms with E-state index in [9.17, 15) is 0 Å². The van der Waals surface area contributed by atoms with E-state index in [-0.39, 0.29) is 0 Å². The number of nitrogens with one attached hydrogen (secondary N) is 1. The SMILES string of the molecule is CCCNC(c1ccccc1)C(CC)n1ccnc1C. The van der Waals surface area contributed by atoms with Gasteiger partial charge in [0.1, 0.15) is 5.82 Å². The maximum atomic E-state index is 4.38. The molecule has 3 nitrogen and oxygen atoms in total. The molecule has 0 saturated heterocycles. The van der Waals surface area contributed by atoms with Crippen LogP contribution in [0.3, 0.4) is 0 Å². The Labute approximate surface area is 122 Å². The predicted molar refractivity (Wildman–Crippen MR) is 83.8 cm³/mol. The highest BCUT2D eigenvalue weighted by molar-refractivity contribution is 5.20. The number of nitrogens with zero attached hydrogens (tertiary/aromatic N) is 2. The van der Waals surface area contributed by atoms with Gasteiger partial charge in [-0.3, -0.25) is 0 Å². The van der Waals surface area contributed by atoms with Gasteiger partial charge in [-0.2, -0.15) is 0 Å². The van der Waals surface area contributed by atoms with Crippen molar-refractivity contribution in [2.75, 3.05) is 6.54 Å². The minimum Gasteiger partial charge on any atom is -0.330 e. The number of hydrogen-bond acceptors (Lipinski definition) is 2. The first-order valence-corrected chi connectivity index (χ1v) is 7.55. The Balaban J connectivity index is 2.31. The molecule has 0 fully saturated rings. The maximum Gasteiger partial charge on any atom is 0.105 e. The quantitative estimate of drug-likeness (QED) is 0.828. The molecule has 0 aliphatic heterocycles. The third-order valence-electron chi connectivity index (χ3n) is 3.80. The van der Waals surface area contributed by atoms with Crippen molar-refractivity contribution in [3.63, 3.8) is 0 Å². The van der Waals surface area contributed by atoms with E-state index in [1.807, 2.05) is 6.20 Å². The fourth-order valence-electron chi connectivity index (χ4n) is 2.77. The normalized spacial score (nSPS) is 14.2. The number of benzene rings is 1. The Hall–Kier alpha value is -1.61. The number of aryl methyl sites for hydroxylation is 1. The summed E-state index contributed by atoms with van der Waals surface area (Å²) in [6.07, 6.45) is 6.20. The van der Waals surface area contributed by atoms with Crippen LogP contribution in [-0.4, -0.2) is 16.1 Å². The van der Waals surface area contributed by atoms with Crippen LogP contribution in [0.15, 0.2) is 42.7 Å². The molecule has 2 aromatic rings. The van der Waals surface area contributed by atoms with Crippen molar-refractivity contribution in [2.45, 2.75) is 45.7 Å². The molecule has 0 saturated carbocycles. The average Bonchev–Trinajstić information content (AvgIpc) is 2.90. The highest BCUT2D eigenvalue weighted by atomic mass is 15.1. The maximum absolute atomic E-state index is 4.38. The number of imidazole rings is 1. The molecule has 0 aliphatic carbocycles. The monoisotopic (exact) mass is 271 g/mol. The van der Waals surface area contributed by atoms with E-state index >= 15 is 0 Å². The Morgan fingerprint density at radius 2 is 1.95 bits per heavy atom. The van der Waals surface area contributed by atoms with Crippen molar-refractivity contribution in [1.29, 1.82) is 0 Å². The number of rotatable bonds is 7. The molecular weight excluding hydrogens is 246 g/mol. The first-order valence-electron chi connectivity index (χ1n) is 7.55. The van der Waals surface area contributed by atoms with Crippen LogP contribution in [0, 0.1) is 6.92 Å². The van der Waals surface area contributed by atoms with Crippen molar-refractivity contribution in [3.05, 3.63) is 54.1 Å². The van der Waals surface area contributed by atoms with Crippen LogP contribution >= 0.6 is 0 Å². The zero-order valence-electron chi connectivity index (χ0n) is 12.7. The predicted octanol–water partition coefficient (Wildman–Crippen LogP) is 3.88. The summed E-state index contributed by atoms with van der Waals surface area (Å²) in [4.78, 5) is 4.38. The van der Waals surface area contributed by atoms with Gasteiger partial charge >= 0.3 is 0 Å². The molecule has 2 unspecified atom stereocenters. The van der Waals surface area contributed by atoms with Crippen molar-refractivity contribution in [2.24, 2.45) is 0 Å². The summed E-state index contributed by atoms with van der Waals surface area (Å²) in [7, 11) is 0. The molecule has 108 valence electrons. The fraction of sp³-hybridized carbons (Fsp3) is 0.471. The van der Waals surface area contributed by atoms with Crippen LogP contribution in [0.5, 0.6) is 0 Å². The first kappa shape index (κ1) is 14.8. The molecule has 2 rings (SSSR count). The minimum absolute atomic E-state index is 0.328. The first-order chi connectivity index (χ1) is 9.77. The van der Waals surface area contributed by atoms with E-state index in [4.69, 9.17) is 0 Å². The van der Waals surface area contributed by atoms with Crippen LogP contribution in [0.2, 0.25) is 0 Å².